The minimum absolute atomic E-state index is 0.569. The Hall–Kier alpha value is -0.870. The van der Waals surface area contributed by atoms with Crippen molar-refractivity contribution in [2.24, 2.45) is 0 Å². The smallest absolute Gasteiger partial charge is 0.118 e. The van der Waals surface area contributed by atoms with Crippen molar-refractivity contribution in [2.75, 3.05) is 0 Å². The molecule has 17 heavy (non-hydrogen) atoms. The molecular formula is C13H13BrN2S. The lowest BCUT2D eigenvalue weighted by Crippen LogP contribution is -1.87. The van der Waals surface area contributed by atoms with Gasteiger partial charge in [-0.3, -0.25) is 0 Å². The van der Waals surface area contributed by atoms with Gasteiger partial charge >= 0.3 is 0 Å². The van der Waals surface area contributed by atoms with Crippen LogP contribution in [0.25, 0.3) is 0 Å². The van der Waals surface area contributed by atoms with Crippen molar-refractivity contribution < 1.29 is 0 Å². The van der Waals surface area contributed by atoms with E-state index in [-0.39, 0.29) is 0 Å². The number of rotatable bonds is 3. The van der Waals surface area contributed by atoms with Crippen LogP contribution in [-0.4, -0.2) is 9.97 Å². The molecule has 0 amide bonds. The maximum Gasteiger partial charge on any atom is 0.118 e. The van der Waals surface area contributed by atoms with Crippen LogP contribution < -0.4 is 0 Å². The molecule has 0 N–H and O–H groups in total. The number of benzene rings is 1. The fourth-order valence-corrected chi connectivity index (χ4v) is 2.62. The van der Waals surface area contributed by atoms with E-state index in [4.69, 9.17) is 0 Å². The molecule has 0 saturated heterocycles. The van der Waals surface area contributed by atoms with Crippen molar-refractivity contribution in [1.82, 2.24) is 9.97 Å². The van der Waals surface area contributed by atoms with E-state index >= 15 is 0 Å². The SMILES string of the molecule is CC(C)c1ccc(Sc2ncncc2Br)cc1. The monoisotopic (exact) mass is 308 g/mol. The number of nitrogens with zero attached hydrogens (tertiary/aromatic N) is 2. The second-order valence-electron chi connectivity index (χ2n) is 4.00. The molecule has 0 unspecified atom stereocenters. The van der Waals surface area contributed by atoms with E-state index in [0.717, 1.165) is 9.50 Å². The van der Waals surface area contributed by atoms with Gasteiger partial charge in [-0.15, -0.1) is 0 Å². The minimum atomic E-state index is 0.569. The Morgan fingerprint density at radius 3 is 2.47 bits per heavy atom. The van der Waals surface area contributed by atoms with Crippen LogP contribution in [0.4, 0.5) is 0 Å². The van der Waals surface area contributed by atoms with E-state index in [1.165, 1.54) is 10.5 Å². The summed E-state index contributed by atoms with van der Waals surface area (Å²) in [6.45, 7) is 4.40. The first-order valence-corrected chi connectivity index (χ1v) is 7.01. The van der Waals surface area contributed by atoms with Crippen LogP contribution in [0.5, 0.6) is 0 Å². The summed E-state index contributed by atoms with van der Waals surface area (Å²) >= 11 is 5.08. The van der Waals surface area contributed by atoms with Crippen molar-refractivity contribution >= 4 is 27.7 Å². The Balaban J connectivity index is 2.17. The normalized spacial score (nSPS) is 10.8. The molecular weight excluding hydrogens is 296 g/mol. The lowest BCUT2D eigenvalue weighted by Gasteiger charge is -2.06. The van der Waals surface area contributed by atoms with Gasteiger partial charge < -0.3 is 0 Å². The van der Waals surface area contributed by atoms with Crippen molar-refractivity contribution in [3.8, 4) is 0 Å². The van der Waals surface area contributed by atoms with Crippen LogP contribution in [0.2, 0.25) is 0 Å². The molecule has 1 aromatic heterocycles. The largest absolute Gasteiger partial charge is 0.244 e. The van der Waals surface area contributed by atoms with Gasteiger partial charge in [0, 0.05) is 11.1 Å². The highest BCUT2D eigenvalue weighted by molar-refractivity contribution is 9.10. The van der Waals surface area contributed by atoms with Gasteiger partial charge in [0.05, 0.1) is 4.47 Å². The van der Waals surface area contributed by atoms with E-state index in [9.17, 15) is 0 Å². The molecule has 0 spiro atoms. The summed E-state index contributed by atoms with van der Waals surface area (Å²) < 4.78 is 0.929. The maximum absolute atomic E-state index is 4.24. The van der Waals surface area contributed by atoms with Crippen molar-refractivity contribution in [3.63, 3.8) is 0 Å². The zero-order valence-corrected chi connectivity index (χ0v) is 12.1. The molecule has 88 valence electrons. The summed E-state index contributed by atoms with van der Waals surface area (Å²) in [6, 6.07) is 8.60. The first-order valence-electron chi connectivity index (χ1n) is 5.40. The zero-order chi connectivity index (χ0) is 12.3. The standard InChI is InChI=1S/C13H13BrN2S/c1-9(2)10-3-5-11(6-4-10)17-13-12(14)7-15-8-16-13/h3-9H,1-2H3. The van der Waals surface area contributed by atoms with Crippen LogP contribution in [0, 0.1) is 0 Å². The van der Waals surface area contributed by atoms with E-state index in [2.05, 4.69) is 64.0 Å². The van der Waals surface area contributed by atoms with Crippen molar-refractivity contribution in [3.05, 3.63) is 46.8 Å². The average molecular weight is 309 g/mol. The number of hydrogen-bond acceptors (Lipinski definition) is 3. The Bertz CT molecular complexity index is 497. The number of hydrogen-bond donors (Lipinski definition) is 0. The maximum atomic E-state index is 4.24. The Labute approximate surface area is 114 Å². The summed E-state index contributed by atoms with van der Waals surface area (Å²) in [7, 11) is 0. The van der Waals surface area contributed by atoms with Gasteiger partial charge in [0.2, 0.25) is 0 Å². The van der Waals surface area contributed by atoms with Gasteiger partial charge in [-0.25, -0.2) is 9.97 Å². The summed E-state index contributed by atoms with van der Waals surface area (Å²) in [5, 5.41) is 0.942. The summed E-state index contributed by atoms with van der Waals surface area (Å²) in [4.78, 5) is 9.38. The second kappa shape index (κ2) is 5.65. The van der Waals surface area contributed by atoms with Gasteiger partial charge in [-0.2, -0.15) is 0 Å². The first kappa shape index (κ1) is 12.6. The number of halogens is 1. The first-order chi connectivity index (χ1) is 8.16. The highest BCUT2D eigenvalue weighted by Crippen LogP contribution is 2.31. The highest BCUT2D eigenvalue weighted by atomic mass is 79.9. The predicted octanol–water partition coefficient (Wildman–Crippen LogP) is 4.51. The molecule has 0 radical (unpaired) electrons. The van der Waals surface area contributed by atoms with Gasteiger partial charge in [-0.1, -0.05) is 37.7 Å². The molecule has 0 atom stereocenters. The van der Waals surface area contributed by atoms with E-state index in [1.54, 1.807) is 24.3 Å². The summed E-state index contributed by atoms with van der Waals surface area (Å²) in [5.41, 5.74) is 1.36. The topological polar surface area (TPSA) is 25.8 Å². The lowest BCUT2D eigenvalue weighted by molar-refractivity contribution is 0.865. The van der Waals surface area contributed by atoms with Crippen molar-refractivity contribution in [1.29, 1.82) is 0 Å². The lowest BCUT2D eigenvalue weighted by atomic mass is 10.0. The van der Waals surface area contributed by atoms with Gasteiger partial charge in [0.15, 0.2) is 0 Å². The zero-order valence-electron chi connectivity index (χ0n) is 9.72. The van der Waals surface area contributed by atoms with E-state index in [0.29, 0.717) is 5.92 Å². The molecule has 0 bridgehead atoms. The van der Waals surface area contributed by atoms with Crippen LogP contribution in [-0.2, 0) is 0 Å². The molecule has 2 nitrogen and oxygen atoms in total. The average Bonchev–Trinajstić information content (AvgIpc) is 2.33. The quantitative estimate of drug-likeness (QED) is 0.780. The molecule has 4 heteroatoms. The van der Waals surface area contributed by atoms with Crippen LogP contribution in [0.3, 0.4) is 0 Å². The Morgan fingerprint density at radius 2 is 1.88 bits per heavy atom. The molecule has 2 rings (SSSR count). The predicted molar refractivity (Wildman–Crippen MR) is 74.4 cm³/mol. The van der Waals surface area contributed by atoms with Crippen LogP contribution in [0.15, 0.2) is 51.2 Å². The molecule has 1 aromatic carbocycles. The third-order valence-corrected chi connectivity index (χ3v) is 4.26. The van der Waals surface area contributed by atoms with Gasteiger partial charge in [0.1, 0.15) is 11.4 Å². The molecule has 0 saturated carbocycles. The fraction of sp³-hybridized carbons (Fsp3) is 0.231. The summed E-state index contributed by atoms with van der Waals surface area (Å²) in [5.74, 6) is 0.569. The minimum Gasteiger partial charge on any atom is -0.244 e. The third kappa shape index (κ3) is 3.30. The van der Waals surface area contributed by atoms with Gasteiger partial charge in [0.25, 0.3) is 0 Å². The summed E-state index contributed by atoms with van der Waals surface area (Å²) in [6.07, 6.45) is 3.33. The molecule has 0 aliphatic rings. The van der Waals surface area contributed by atoms with Gasteiger partial charge in [-0.05, 0) is 39.5 Å². The molecule has 1 heterocycles. The molecule has 0 fully saturated rings. The van der Waals surface area contributed by atoms with E-state index < -0.39 is 0 Å². The van der Waals surface area contributed by atoms with Crippen LogP contribution in [0.1, 0.15) is 25.3 Å². The highest BCUT2D eigenvalue weighted by Gasteiger charge is 2.04. The fourth-order valence-electron chi connectivity index (χ4n) is 1.41. The molecule has 2 aromatic rings. The number of aromatic nitrogens is 2. The molecule has 0 aliphatic heterocycles. The third-order valence-electron chi connectivity index (χ3n) is 2.40. The van der Waals surface area contributed by atoms with Crippen molar-refractivity contribution in [2.45, 2.75) is 29.7 Å². The Morgan fingerprint density at radius 1 is 1.18 bits per heavy atom. The Kier molecular flexibility index (Phi) is 4.18. The van der Waals surface area contributed by atoms with Crippen LogP contribution >= 0.6 is 27.7 Å². The molecule has 0 aliphatic carbocycles. The van der Waals surface area contributed by atoms with E-state index in [1.807, 2.05) is 0 Å². The second-order valence-corrected chi connectivity index (χ2v) is 5.92.